The van der Waals surface area contributed by atoms with E-state index in [1.54, 1.807) is 0 Å². The fraction of sp³-hybridized carbons (Fsp3) is 0.952. The van der Waals surface area contributed by atoms with Gasteiger partial charge in [0.25, 0.3) is 0 Å². The monoisotopic (exact) mass is 358 g/mol. The number of carboxylic acid groups (broad SMARTS) is 1. The maximum Gasteiger partial charge on any atom is 0.147 e. The number of carbonyl (C=O) groups excluding carboxylic acids is 1. The van der Waals surface area contributed by atoms with Gasteiger partial charge in [0.05, 0.1) is 12.2 Å². The van der Waals surface area contributed by atoms with E-state index in [1.165, 1.54) is 103 Å². The van der Waals surface area contributed by atoms with Gasteiger partial charge in [0, 0.05) is 0 Å². The molecule has 0 N–H and O–H groups in total. The molecule has 0 bridgehead atoms. The lowest BCUT2D eigenvalue weighted by Gasteiger charge is -2.05. The smallest absolute Gasteiger partial charge is 0.147 e. The molecule has 0 aliphatic carbocycles. The molecular weight excluding hydrogens is 316 g/mol. The Morgan fingerprint density at radius 1 is 0.667 bits per heavy atom. The second-order valence-corrected chi connectivity index (χ2v) is 9.57. The van der Waals surface area contributed by atoms with E-state index in [0.29, 0.717) is 0 Å². The maximum atomic E-state index is 10.5. The standard InChI is InChI=1S/C21H42O2S/c1-3-4-5-6-7-8-9-10-11-12-13-14-15-16-17-18-19-24(2)20-21(22)23/h3-20H2,1-2H3. The van der Waals surface area contributed by atoms with E-state index in [9.17, 15) is 9.90 Å². The van der Waals surface area contributed by atoms with Crippen LogP contribution in [0.5, 0.6) is 0 Å². The van der Waals surface area contributed by atoms with Crippen LogP contribution in [-0.2, 0) is 15.7 Å². The Kier molecular flexibility index (Phi) is 19.0. The topological polar surface area (TPSA) is 40.1 Å². The van der Waals surface area contributed by atoms with Gasteiger partial charge in [-0.05, 0) is 23.7 Å². The fourth-order valence-corrected chi connectivity index (χ4v) is 4.41. The Balaban J connectivity index is 3.06. The number of carboxylic acids is 1. The molecule has 0 saturated carbocycles. The summed E-state index contributed by atoms with van der Waals surface area (Å²) in [5.74, 6) is 0.419. The summed E-state index contributed by atoms with van der Waals surface area (Å²) in [5.41, 5.74) is 0. The number of rotatable bonds is 19. The van der Waals surface area contributed by atoms with Gasteiger partial charge in [0.15, 0.2) is 0 Å². The molecule has 0 aromatic rings. The summed E-state index contributed by atoms with van der Waals surface area (Å²) in [6, 6.07) is 0. The maximum absolute atomic E-state index is 10.5. The van der Waals surface area contributed by atoms with Crippen LogP contribution in [0.1, 0.15) is 110 Å². The van der Waals surface area contributed by atoms with Crippen LogP contribution in [0.15, 0.2) is 0 Å². The van der Waals surface area contributed by atoms with Gasteiger partial charge >= 0.3 is 0 Å². The number of hydrogen-bond donors (Lipinski definition) is 0. The van der Waals surface area contributed by atoms with Crippen molar-refractivity contribution in [2.75, 3.05) is 17.8 Å². The van der Waals surface area contributed by atoms with E-state index < -0.39 is 5.97 Å². The minimum absolute atomic E-state index is 0.0204. The van der Waals surface area contributed by atoms with Gasteiger partial charge in [0.2, 0.25) is 0 Å². The lowest BCUT2D eigenvalue weighted by molar-refractivity contribution is -0.301. The zero-order valence-electron chi connectivity index (χ0n) is 16.5. The predicted octanol–water partition coefficient (Wildman–Crippen LogP) is 5.25. The predicted molar refractivity (Wildman–Crippen MR) is 108 cm³/mol. The van der Waals surface area contributed by atoms with E-state index in [1.807, 2.05) is 6.26 Å². The molecule has 24 heavy (non-hydrogen) atoms. The van der Waals surface area contributed by atoms with Crippen LogP contribution in [0.4, 0.5) is 0 Å². The highest BCUT2D eigenvalue weighted by Gasteiger charge is 2.09. The first-order valence-corrected chi connectivity index (χ1v) is 12.4. The third kappa shape index (κ3) is 19.9. The van der Waals surface area contributed by atoms with Gasteiger partial charge in [-0.2, -0.15) is 0 Å². The SMILES string of the molecule is CCCCCCCCCCCCCCCCCC[S+](C)CC(=O)[O-]. The lowest BCUT2D eigenvalue weighted by atomic mass is 10.0. The first-order chi connectivity index (χ1) is 11.7. The van der Waals surface area contributed by atoms with Crippen molar-refractivity contribution in [1.82, 2.24) is 0 Å². The molecule has 0 spiro atoms. The number of aliphatic carboxylic acids is 1. The first kappa shape index (κ1) is 23.8. The molecule has 0 aromatic carbocycles. The largest absolute Gasteiger partial charge is 0.545 e. The highest BCUT2D eigenvalue weighted by atomic mass is 32.2. The quantitative estimate of drug-likeness (QED) is 0.234. The first-order valence-electron chi connectivity index (χ1n) is 10.5. The number of carbonyl (C=O) groups is 1. The second kappa shape index (κ2) is 19.1. The Morgan fingerprint density at radius 3 is 1.33 bits per heavy atom. The van der Waals surface area contributed by atoms with Gasteiger partial charge in [0.1, 0.15) is 11.5 Å². The van der Waals surface area contributed by atoms with Crippen molar-refractivity contribution in [3.05, 3.63) is 0 Å². The highest BCUT2D eigenvalue weighted by Crippen LogP contribution is 2.13. The Morgan fingerprint density at radius 2 is 1.00 bits per heavy atom. The van der Waals surface area contributed by atoms with Crippen molar-refractivity contribution >= 4 is 16.9 Å². The molecule has 0 saturated heterocycles. The molecule has 144 valence electrons. The van der Waals surface area contributed by atoms with E-state index in [2.05, 4.69) is 6.92 Å². The fourth-order valence-electron chi connectivity index (χ4n) is 3.17. The Hall–Kier alpha value is -0.180. The van der Waals surface area contributed by atoms with Crippen molar-refractivity contribution in [1.29, 1.82) is 0 Å². The van der Waals surface area contributed by atoms with Crippen molar-refractivity contribution in [2.45, 2.75) is 110 Å². The van der Waals surface area contributed by atoms with Crippen LogP contribution in [0.2, 0.25) is 0 Å². The average Bonchev–Trinajstić information content (AvgIpc) is 2.53. The van der Waals surface area contributed by atoms with Crippen LogP contribution in [-0.4, -0.2) is 23.7 Å². The molecule has 1 unspecified atom stereocenters. The van der Waals surface area contributed by atoms with Crippen LogP contribution in [0.3, 0.4) is 0 Å². The highest BCUT2D eigenvalue weighted by molar-refractivity contribution is 7.96. The molecule has 0 amide bonds. The van der Waals surface area contributed by atoms with Gasteiger partial charge < -0.3 is 9.90 Å². The van der Waals surface area contributed by atoms with Crippen molar-refractivity contribution in [3.8, 4) is 0 Å². The van der Waals surface area contributed by atoms with Crippen LogP contribution in [0, 0.1) is 0 Å². The normalized spacial score (nSPS) is 12.4. The minimum Gasteiger partial charge on any atom is -0.545 e. The summed E-state index contributed by atoms with van der Waals surface area (Å²) in [6.45, 7) is 2.28. The molecule has 0 aromatic heterocycles. The molecule has 0 aliphatic heterocycles. The van der Waals surface area contributed by atoms with E-state index in [0.717, 1.165) is 5.75 Å². The van der Waals surface area contributed by atoms with Crippen molar-refractivity contribution < 1.29 is 9.90 Å². The van der Waals surface area contributed by atoms with Crippen molar-refractivity contribution in [3.63, 3.8) is 0 Å². The van der Waals surface area contributed by atoms with Crippen molar-refractivity contribution in [2.24, 2.45) is 0 Å². The second-order valence-electron chi connectivity index (χ2n) is 7.31. The summed E-state index contributed by atoms with van der Waals surface area (Å²) in [7, 11) is 0.0204. The molecular formula is C21H42O2S. The minimum atomic E-state index is -0.891. The molecule has 0 heterocycles. The third-order valence-electron chi connectivity index (χ3n) is 4.71. The summed E-state index contributed by atoms with van der Waals surface area (Å²) in [6.07, 6.45) is 24.2. The Labute approximate surface area is 154 Å². The van der Waals surface area contributed by atoms with Crippen LogP contribution < -0.4 is 5.11 Å². The molecule has 3 heteroatoms. The molecule has 0 radical (unpaired) electrons. The summed E-state index contributed by atoms with van der Waals surface area (Å²) in [5, 5.41) is 10.5. The Bertz CT molecular complexity index is 269. The van der Waals surface area contributed by atoms with E-state index >= 15 is 0 Å². The zero-order chi connectivity index (χ0) is 17.9. The molecule has 0 fully saturated rings. The van der Waals surface area contributed by atoms with Crippen LogP contribution in [0.25, 0.3) is 0 Å². The summed E-state index contributed by atoms with van der Waals surface area (Å²) < 4.78 is 0. The van der Waals surface area contributed by atoms with Gasteiger partial charge in [-0.3, -0.25) is 0 Å². The van der Waals surface area contributed by atoms with Gasteiger partial charge in [-0.25, -0.2) is 0 Å². The molecule has 1 atom stereocenters. The zero-order valence-corrected chi connectivity index (χ0v) is 17.3. The molecule has 0 aliphatic rings. The molecule has 2 nitrogen and oxygen atoms in total. The van der Waals surface area contributed by atoms with E-state index in [4.69, 9.17) is 0 Å². The van der Waals surface area contributed by atoms with Crippen LogP contribution >= 0.6 is 0 Å². The average molecular weight is 359 g/mol. The summed E-state index contributed by atoms with van der Waals surface area (Å²) in [4.78, 5) is 10.5. The summed E-state index contributed by atoms with van der Waals surface area (Å²) >= 11 is 0. The third-order valence-corrected chi connectivity index (χ3v) is 6.42. The number of hydrogen-bond acceptors (Lipinski definition) is 2. The number of unbranched alkanes of at least 4 members (excludes halogenated alkanes) is 15. The lowest BCUT2D eigenvalue weighted by Crippen LogP contribution is -2.31. The van der Waals surface area contributed by atoms with Gasteiger partial charge in [-0.1, -0.05) is 96.8 Å². The molecule has 0 rings (SSSR count). The van der Waals surface area contributed by atoms with Gasteiger partial charge in [-0.15, -0.1) is 0 Å². The van der Waals surface area contributed by atoms with E-state index in [-0.39, 0.29) is 16.6 Å².